The molecule has 1 spiro atoms. The van der Waals surface area contributed by atoms with Crippen LogP contribution in [0.4, 0.5) is 8.78 Å². The number of aromatic nitrogens is 1. The second-order valence-corrected chi connectivity index (χ2v) is 8.87. The maximum absolute atomic E-state index is 13.9. The summed E-state index contributed by atoms with van der Waals surface area (Å²) in [5, 5.41) is 13.1. The highest BCUT2D eigenvalue weighted by Crippen LogP contribution is 2.46. The summed E-state index contributed by atoms with van der Waals surface area (Å²) < 4.78 is 33.9. The Balaban J connectivity index is 0.00000324. The summed E-state index contributed by atoms with van der Waals surface area (Å²) >= 11 is 0. The molecule has 0 bridgehead atoms. The molecule has 2 aromatic rings. The maximum Gasteiger partial charge on any atom is 0.274 e. The predicted octanol–water partition coefficient (Wildman–Crippen LogP) is 2.55. The van der Waals surface area contributed by atoms with Gasteiger partial charge in [0.05, 0.1) is 11.6 Å². The summed E-state index contributed by atoms with van der Waals surface area (Å²) in [6.07, 6.45) is 2.31. The van der Waals surface area contributed by atoms with Gasteiger partial charge in [0.15, 0.2) is 11.4 Å². The first kappa shape index (κ1) is 25.6. The van der Waals surface area contributed by atoms with Crippen molar-refractivity contribution in [3.05, 3.63) is 63.1 Å². The van der Waals surface area contributed by atoms with Crippen LogP contribution in [0.15, 0.2) is 29.2 Å². The zero-order chi connectivity index (χ0) is 24.1. The van der Waals surface area contributed by atoms with Crippen LogP contribution in [0.2, 0.25) is 0 Å². The third kappa shape index (κ3) is 4.16. The van der Waals surface area contributed by atoms with E-state index in [1.165, 1.54) is 16.8 Å². The van der Waals surface area contributed by atoms with Crippen molar-refractivity contribution in [3.8, 4) is 5.75 Å². The largest absolute Gasteiger partial charge is 0.503 e. The van der Waals surface area contributed by atoms with E-state index in [2.05, 4.69) is 5.32 Å². The summed E-state index contributed by atoms with van der Waals surface area (Å²) in [6.45, 7) is 3.75. The highest BCUT2D eigenvalue weighted by atomic mass is 35.5. The Hall–Kier alpha value is -2.98. The molecule has 34 heavy (non-hydrogen) atoms. The molecule has 1 aromatic heterocycles. The van der Waals surface area contributed by atoms with Gasteiger partial charge in [-0.25, -0.2) is 8.78 Å². The quantitative estimate of drug-likeness (QED) is 0.661. The number of methoxy groups -OCH3 is 1. The highest BCUT2D eigenvalue weighted by molar-refractivity contribution is 5.99. The molecule has 0 atom stereocenters. The SMILES string of the molecule is COC1CC2(C1)CN(C(C)C)C(=O)c1c(O)c(=O)c(C(=O)NCc3ccc(F)cc3F)cn12.Cl. The van der Waals surface area contributed by atoms with Crippen molar-refractivity contribution in [1.82, 2.24) is 14.8 Å². The summed E-state index contributed by atoms with van der Waals surface area (Å²) in [5.74, 6) is -3.72. The lowest BCUT2D eigenvalue weighted by atomic mass is 9.71. The van der Waals surface area contributed by atoms with E-state index >= 15 is 0 Å². The number of rotatable bonds is 5. The number of ether oxygens (including phenoxy) is 1. The first-order chi connectivity index (χ1) is 15.6. The van der Waals surface area contributed by atoms with E-state index in [0.717, 1.165) is 6.07 Å². The molecule has 11 heteroatoms. The van der Waals surface area contributed by atoms with Gasteiger partial charge in [-0.15, -0.1) is 12.4 Å². The van der Waals surface area contributed by atoms with Gasteiger partial charge < -0.3 is 24.6 Å². The van der Waals surface area contributed by atoms with Crippen LogP contribution in [-0.4, -0.2) is 52.2 Å². The molecule has 2 heterocycles. The second-order valence-electron chi connectivity index (χ2n) is 8.87. The Bertz CT molecular complexity index is 1190. The number of fused-ring (bicyclic) bond motifs is 2. The number of nitrogens with one attached hydrogen (secondary N) is 1. The molecule has 1 aliphatic heterocycles. The fourth-order valence-corrected chi connectivity index (χ4v) is 4.58. The molecular formula is C23H26ClF2N3O5. The minimum Gasteiger partial charge on any atom is -0.503 e. The predicted molar refractivity (Wildman–Crippen MR) is 121 cm³/mol. The van der Waals surface area contributed by atoms with Crippen molar-refractivity contribution in [2.24, 2.45) is 0 Å². The third-order valence-corrected chi connectivity index (χ3v) is 6.49. The molecule has 2 aliphatic rings. The average molecular weight is 498 g/mol. The number of nitrogens with zero attached hydrogens (tertiary/aromatic N) is 2. The van der Waals surface area contributed by atoms with Crippen molar-refractivity contribution in [1.29, 1.82) is 0 Å². The Labute approximate surface area is 200 Å². The molecule has 2 amide bonds. The number of carbonyl (C=O) groups excluding carboxylic acids is 2. The van der Waals surface area contributed by atoms with Crippen LogP contribution >= 0.6 is 12.4 Å². The number of hydrogen-bond donors (Lipinski definition) is 2. The van der Waals surface area contributed by atoms with Gasteiger partial charge in [-0.05, 0) is 32.8 Å². The van der Waals surface area contributed by atoms with Crippen molar-refractivity contribution in [2.45, 2.75) is 50.9 Å². The molecule has 8 nitrogen and oxygen atoms in total. The summed E-state index contributed by atoms with van der Waals surface area (Å²) in [6, 6.07) is 2.78. The zero-order valence-electron chi connectivity index (χ0n) is 18.9. The summed E-state index contributed by atoms with van der Waals surface area (Å²) in [5.41, 5.74) is -2.11. The van der Waals surface area contributed by atoms with Gasteiger partial charge >= 0.3 is 0 Å². The molecule has 4 rings (SSSR count). The molecule has 1 fully saturated rings. The van der Waals surface area contributed by atoms with Crippen molar-refractivity contribution in [3.63, 3.8) is 0 Å². The zero-order valence-corrected chi connectivity index (χ0v) is 19.7. The van der Waals surface area contributed by atoms with Crippen molar-refractivity contribution in [2.75, 3.05) is 13.7 Å². The monoisotopic (exact) mass is 497 g/mol. The van der Waals surface area contributed by atoms with E-state index in [9.17, 15) is 28.3 Å². The number of pyridine rings is 1. The van der Waals surface area contributed by atoms with Gasteiger partial charge in [-0.2, -0.15) is 0 Å². The topological polar surface area (TPSA) is 101 Å². The van der Waals surface area contributed by atoms with Crippen LogP contribution in [0, 0.1) is 11.6 Å². The van der Waals surface area contributed by atoms with Crippen LogP contribution in [-0.2, 0) is 16.8 Å². The normalized spacial score (nSPS) is 21.2. The summed E-state index contributed by atoms with van der Waals surface area (Å²) in [7, 11) is 1.59. The van der Waals surface area contributed by atoms with E-state index in [1.54, 1.807) is 12.0 Å². The van der Waals surface area contributed by atoms with Crippen LogP contribution in [0.5, 0.6) is 5.75 Å². The summed E-state index contributed by atoms with van der Waals surface area (Å²) in [4.78, 5) is 40.3. The molecule has 2 N–H and O–H groups in total. The molecule has 1 aliphatic carbocycles. The van der Waals surface area contributed by atoms with Crippen LogP contribution in [0.25, 0.3) is 0 Å². The number of halogens is 3. The van der Waals surface area contributed by atoms with E-state index in [1.807, 2.05) is 13.8 Å². The smallest absolute Gasteiger partial charge is 0.274 e. The molecule has 184 valence electrons. The standard InChI is InChI=1S/C23H25F2N3O5.ClH/c1-12(2)27-11-23(7-15(8-23)33-3)28-10-16(19(29)20(30)18(28)22(27)32)21(31)26-9-13-4-5-14(24)6-17(13)25;/h4-6,10,12,15,30H,7-9,11H2,1-3H3,(H,26,31);1H. The maximum atomic E-state index is 13.9. The molecule has 0 saturated heterocycles. The highest BCUT2D eigenvalue weighted by Gasteiger charge is 2.53. The van der Waals surface area contributed by atoms with Gasteiger partial charge in [0.1, 0.15) is 17.2 Å². The number of aromatic hydroxyl groups is 1. The number of benzene rings is 1. The van der Waals surface area contributed by atoms with Crippen molar-refractivity contribution < 1.29 is 28.2 Å². The molecular weight excluding hydrogens is 472 g/mol. The molecule has 0 unspecified atom stereocenters. The van der Waals surface area contributed by atoms with E-state index in [4.69, 9.17) is 4.74 Å². The third-order valence-electron chi connectivity index (χ3n) is 6.49. The lowest BCUT2D eigenvalue weighted by Gasteiger charge is -2.54. The molecule has 1 aromatic carbocycles. The minimum atomic E-state index is -0.991. The Morgan fingerprint density at radius 1 is 1.29 bits per heavy atom. The second kappa shape index (κ2) is 9.34. The van der Waals surface area contributed by atoms with Gasteiger partial charge in [-0.1, -0.05) is 6.07 Å². The first-order valence-corrected chi connectivity index (χ1v) is 10.6. The van der Waals surface area contributed by atoms with Gasteiger partial charge in [0.25, 0.3) is 11.8 Å². The molecule has 1 saturated carbocycles. The Morgan fingerprint density at radius 2 is 1.97 bits per heavy atom. The fraction of sp³-hybridized carbons (Fsp3) is 0.435. The minimum absolute atomic E-state index is 0. The fourth-order valence-electron chi connectivity index (χ4n) is 4.58. The molecule has 0 radical (unpaired) electrons. The van der Waals surface area contributed by atoms with Crippen LogP contribution in [0.3, 0.4) is 0 Å². The van der Waals surface area contributed by atoms with Crippen LogP contribution < -0.4 is 10.7 Å². The number of carbonyl (C=O) groups is 2. The number of hydrogen-bond acceptors (Lipinski definition) is 5. The van der Waals surface area contributed by atoms with Gasteiger partial charge in [0, 0.05) is 44.1 Å². The lowest BCUT2D eigenvalue weighted by molar-refractivity contribution is -0.0728. The Morgan fingerprint density at radius 3 is 2.56 bits per heavy atom. The van der Waals surface area contributed by atoms with Crippen LogP contribution in [0.1, 0.15) is 53.1 Å². The van der Waals surface area contributed by atoms with E-state index in [-0.39, 0.29) is 47.9 Å². The van der Waals surface area contributed by atoms with E-state index < -0.39 is 40.2 Å². The number of amides is 2. The van der Waals surface area contributed by atoms with Gasteiger partial charge in [-0.3, -0.25) is 14.4 Å². The Kier molecular flexibility index (Phi) is 7.05. The van der Waals surface area contributed by atoms with Crippen molar-refractivity contribution >= 4 is 24.2 Å². The average Bonchev–Trinajstić information content (AvgIpc) is 2.73. The first-order valence-electron chi connectivity index (χ1n) is 10.6. The lowest BCUT2D eigenvalue weighted by Crippen LogP contribution is -2.63. The van der Waals surface area contributed by atoms with E-state index in [0.29, 0.717) is 25.5 Å². The van der Waals surface area contributed by atoms with Gasteiger partial charge in [0.2, 0.25) is 5.43 Å².